The molecular weight excluding hydrogens is 268 g/mol. The molecule has 1 aliphatic rings. The number of hydrogen-bond donors (Lipinski definition) is 1. The first-order chi connectivity index (χ1) is 10.3. The van der Waals surface area contributed by atoms with Crippen LogP contribution in [0, 0.1) is 5.92 Å². The second-order valence-corrected chi connectivity index (χ2v) is 5.47. The van der Waals surface area contributed by atoms with Gasteiger partial charge in [-0.2, -0.15) is 0 Å². The number of aliphatic hydroxyl groups excluding tert-OH is 1. The summed E-state index contributed by atoms with van der Waals surface area (Å²) in [7, 11) is 0. The van der Waals surface area contributed by atoms with Crippen LogP contribution in [0.15, 0.2) is 28.9 Å². The topological polar surface area (TPSA) is 75.3 Å². The van der Waals surface area contributed by atoms with Crippen LogP contribution in [-0.2, 0) is 6.54 Å². The molecule has 1 aliphatic heterocycles. The standard InChI is InChI=1S/C15H20N4O2/c20-9-5-12-3-7-19(8-4-12)11-14-17-18-15(21-14)13-2-1-6-16-10-13/h1-2,6,10,12,20H,3-5,7-9,11H2. The molecule has 0 aliphatic carbocycles. The molecule has 0 saturated carbocycles. The Morgan fingerprint density at radius 3 is 2.86 bits per heavy atom. The minimum absolute atomic E-state index is 0.294. The molecule has 0 unspecified atom stereocenters. The van der Waals surface area contributed by atoms with Crippen molar-refractivity contribution in [1.82, 2.24) is 20.1 Å². The molecule has 1 fully saturated rings. The summed E-state index contributed by atoms with van der Waals surface area (Å²) in [6, 6.07) is 3.76. The lowest BCUT2D eigenvalue weighted by Crippen LogP contribution is -2.33. The van der Waals surface area contributed by atoms with Crippen LogP contribution in [0.3, 0.4) is 0 Å². The molecule has 6 heteroatoms. The Bertz CT molecular complexity index is 550. The van der Waals surface area contributed by atoms with Crippen LogP contribution < -0.4 is 0 Å². The van der Waals surface area contributed by atoms with E-state index in [1.165, 1.54) is 0 Å². The van der Waals surface area contributed by atoms with E-state index in [1.807, 2.05) is 12.1 Å². The van der Waals surface area contributed by atoms with Crippen molar-refractivity contribution in [2.45, 2.75) is 25.8 Å². The third-order valence-corrected chi connectivity index (χ3v) is 3.98. The zero-order valence-electron chi connectivity index (χ0n) is 12.0. The van der Waals surface area contributed by atoms with E-state index in [9.17, 15) is 0 Å². The predicted octanol–water partition coefficient (Wildman–Crippen LogP) is 1.73. The number of hydrogen-bond acceptors (Lipinski definition) is 6. The lowest BCUT2D eigenvalue weighted by atomic mass is 9.94. The van der Waals surface area contributed by atoms with Gasteiger partial charge in [0.25, 0.3) is 0 Å². The molecule has 0 amide bonds. The van der Waals surface area contributed by atoms with Gasteiger partial charge in [0.05, 0.1) is 12.1 Å². The van der Waals surface area contributed by atoms with Crippen molar-refractivity contribution < 1.29 is 9.52 Å². The number of nitrogens with zero attached hydrogens (tertiary/aromatic N) is 4. The van der Waals surface area contributed by atoms with Gasteiger partial charge in [0.1, 0.15) is 0 Å². The predicted molar refractivity (Wildman–Crippen MR) is 77.2 cm³/mol. The summed E-state index contributed by atoms with van der Waals surface area (Å²) in [5, 5.41) is 17.2. The highest BCUT2D eigenvalue weighted by molar-refractivity contribution is 5.49. The van der Waals surface area contributed by atoms with Crippen LogP contribution >= 0.6 is 0 Å². The van der Waals surface area contributed by atoms with E-state index in [-0.39, 0.29) is 0 Å². The highest BCUT2D eigenvalue weighted by Gasteiger charge is 2.20. The van der Waals surface area contributed by atoms with Crippen LogP contribution in [0.1, 0.15) is 25.2 Å². The molecular formula is C15H20N4O2. The fraction of sp³-hybridized carbons (Fsp3) is 0.533. The lowest BCUT2D eigenvalue weighted by Gasteiger charge is -2.30. The number of pyridine rings is 1. The van der Waals surface area contributed by atoms with Crippen LogP contribution in [-0.4, -0.2) is 44.9 Å². The van der Waals surface area contributed by atoms with Crippen molar-refractivity contribution in [1.29, 1.82) is 0 Å². The molecule has 3 rings (SSSR count). The van der Waals surface area contributed by atoms with Crippen molar-refractivity contribution in [3.63, 3.8) is 0 Å². The second kappa shape index (κ2) is 6.78. The first-order valence-corrected chi connectivity index (χ1v) is 7.41. The van der Waals surface area contributed by atoms with Gasteiger partial charge in [-0.15, -0.1) is 10.2 Å². The quantitative estimate of drug-likeness (QED) is 0.903. The third kappa shape index (κ3) is 3.65. The molecule has 0 atom stereocenters. The van der Waals surface area contributed by atoms with Crippen LogP contribution in [0.4, 0.5) is 0 Å². The highest BCUT2D eigenvalue weighted by Crippen LogP contribution is 2.22. The van der Waals surface area contributed by atoms with Gasteiger partial charge < -0.3 is 9.52 Å². The Hall–Kier alpha value is -1.79. The second-order valence-electron chi connectivity index (χ2n) is 5.47. The highest BCUT2D eigenvalue weighted by atomic mass is 16.4. The Labute approximate surface area is 123 Å². The number of aromatic nitrogens is 3. The maximum absolute atomic E-state index is 8.98. The van der Waals surface area contributed by atoms with Gasteiger partial charge in [-0.05, 0) is 50.4 Å². The van der Waals surface area contributed by atoms with Gasteiger partial charge in [0.15, 0.2) is 0 Å². The van der Waals surface area contributed by atoms with Crippen molar-refractivity contribution in [2.24, 2.45) is 5.92 Å². The summed E-state index contributed by atoms with van der Waals surface area (Å²) < 4.78 is 5.70. The van der Waals surface area contributed by atoms with Crippen LogP contribution in [0.5, 0.6) is 0 Å². The maximum atomic E-state index is 8.98. The normalized spacial score (nSPS) is 17.2. The zero-order valence-corrected chi connectivity index (χ0v) is 12.0. The van der Waals surface area contributed by atoms with Crippen molar-refractivity contribution in [3.05, 3.63) is 30.4 Å². The summed E-state index contributed by atoms with van der Waals surface area (Å²) in [6.45, 7) is 3.03. The smallest absolute Gasteiger partial charge is 0.249 e. The summed E-state index contributed by atoms with van der Waals surface area (Å²) in [5.41, 5.74) is 0.845. The first-order valence-electron chi connectivity index (χ1n) is 7.41. The number of piperidine rings is 1. The Kier molecular flexibility index (Phi) is 4.57. The fourth-order valence-corrected chi connectivity index (χ4v) is 2.73. The fourth-order valence-electron chi connectivity index (χ4n) is 2.73. The molecule has 2 aromatic heterocycles. The Morgan fingerprint density at radius 2 is 2.14 bits per heavy atom. The molecule has 2 aromatic rings. The van der Waals surface area contributed by atoms with Crippen LogP contribution in [0.25, 0.3) is 11.5 Å². The molecule has 1 N–H and O–H groups in total. The van der Waals surface area contributed by atoms with E-state index in [0.29, 0.717) is 30.9 Å². The van der Waals surface area contributed by atoms with Crippen molar-refractivity contribution in [3.8, 4) is 11.5 Å². The summed E-state index contributed by atoms with van der Waals surface area (Å²) in [5.74, 6) is 1.82. The minimum Gasteiger partial charge on any atom is -0.419 e. The molecule has 3 heterocycles. The van der Waals surface area contributed by atoms with E-state index in [1.54, 1.807) is 12.4 Å². The average molecular weight is 288 g/mol. The third-order valence-electron chi connectivity index (χ3n) is 3.98. The van der Waals surface area contributed by atoms with E-state index < -0.39 is 0 Å². The molecule has 21 heavy (non-hydrogen) atoms. The Morgan fingerprint density at radius 1 is 1.29 bits per heavy atom. The monoisotopic (exact) mass is 288 g/mol. The van der Waals surface area contributed by atoms with Gasteiger partial charge in [-0.25, -0.2) is 0 Å². The molecule has 0 aromatic carbocycles. The number of aliphatic hydroxyl groups is 1. The van der Waals surface area contributed by atoms with Crippen LogP contribution in [0.2, 0.25) is 0 Å². The maximum Gasteiger partial charge on any atom is 0.249 e. The average Bonchev–Trinajstić information content (AvgIpc) is 2.99. The zero-order chi connectivity index (χ0) is 14.5. The van der Waals surface area contributed by atoms with Gasteiger partial charge in [0.2, 0.25) is 11.8 Å². The number of rotatable bonds is 5. The molecule has 0 bridgehead atoms. The molecule has 112 valence electrons. The summed E-state index contributed by atoms with van der Waals surface area (Å²) in [6.07, 6.45) is 6.61. The van der Waals surface area contributed by atoms with Crippen molar-refractivity contribution >= 4 is 0 Å². The van der Waals surface area contributed by atoms with E-state index in [2.05, 4.69) is 20.1 Å². The molecule has 0 radical (unpaired) electrons. The van der Waals surface area contributed by atoms with E-state index >= 15 is 0 Å². The minimum atomic E-state index is 0.294. The summed E-state index contributed by atoms with van der Waals surface area (Å²) >= 11 is 0. The molecule has 0 spiro atoms. The first kappa shape index (κ1) is 14.2. The van der Waals surface area contributed by atoms with E-state index in [4.69, 9.17) is 9.52 Å². The number of likely N-dealkylation sites (tertiary alicyclic amines) is 1. The van der Waals surface area contributed by atoms with Gasteiger partial charge in [0, 0.05) is 19.0 Å². The largest absolute Gasteiger partial charge is 0.419 e. The van der Waals surface area contributed by atoms with Gasteiger partial charge in [-0.3, -0.25) is 9.88 Å². The SMILES string of the molecule is OCCC1CCN(Cc2nnc(-c3cccnc3)o2)CC1. The Balaban J connectivity index is 1.56. The molecule has 1 saturated heterocycles. The van der Waals surface area contributed by atoms with Gasteiger partial charge in [-0.1, -0.05) is 0 Å². The van der Waals surface area contributed by atoms with Gasteiger partial charge >= 0.3 is 0 Å². The molecule has 6 nitrogen and oxygen atoms in total. The van der Waals surface area contributed by atoms with Crippen molar-refractivity contribution in [2.75, 3.05) is 19.7 Å². The van der Waals surface area contributed by atoms with E-state index in [0.717, 1.165) is 37.9 Å². The summed E-state index contributed by atoms with van der Waals surface area (Å²) in [4.78, 5) is 6.38. The lowest BCUT2D eigenvalue weighted by molar-refractivity contribution is 0.144.